The van der Waals surface area contributed by atoms with Crippen molar-refractivity contribution in [3.8, 4) is 0 Å². The van der Waals surface area contributed by atoms with Crippen molar-refractivity contribution in [3.05, 3.63) is 0 Å². The number of likely N-dealkylation sites (N-methyl/N-ethyl adjacent to an activating group) is 1. The summed E-state index contributed by atoms with van der Waals surface area (Å²) in [6.45, 7) is 3.76. The van der Waals surface area contributed by atoms with E-state index in [1.807, 2.05) is 13.8 Å². The van der Waals surface area contributed by atoms with Gasteiger partial charge in [0.05, 0.1) is 12.1 Å². The fourth-order valence-corrected chi connectivity index (χ4v) is 1.15. The Kier molecular flexibility index (Phi) is 2.96. The van der Waals surface area contributed by atoms with Crippen molar-refractivity contribution in [1.82, 2.24) is 4.90 Å². The first-order chi connectivity index (χ1) is 5.97. The molecule has 13 heavy (non-hydrogen) atoms. The van der Waals surface area contributed by atoms with E-state index >= 15 is 0 Å². The maximum absolute atomic E-state index is 11.6. The molecule has 0 spiro atoms. The van der Waals surface area contributed by atoms with Crippen molar-refractivity contribution in [2.45, 2.75) is 38.6 Å². The molecule has 1 aliphatic carbocycles. The third-order valence-corrected chi connectivity index (χ3v) is 2.83. The van der Waals surface area contributed by atoms with Gasteiger partial charge in [0.2, 0.25) is 5.91 Å². The summed E-state index contributed by atoms with van der Waals surface area (Å²) < 4.78 is 0. The van der Waals surface area contributed by atoms with E-state index in [1.54, 1.807) is 11.9 Å². The molecule has 0 bridgehead atoms. The zero-order valence-corrected chi connectivity index (χ0v) is 8.71. The first-order valence-electron chi connectivity index (χ1n) is 4.85. The van der Waals surface area contributed by atoms with Crippen LogP contribution < -0.4 is 0 Å². The van der Waals surface area contributed by atoms with E-state index in [4.69, 9.17) is 5.11 Å². The van der Waals surface area contributed by atoms with Gasteiger partial charge in [-0.2, -0.15) is 0 Å². The van der Waals surface area contributed by atoms with Crippen molar-refractivity contribution in [1.29, 1.82) is 0 Å². The summed E-state index contributed by atoms with van der Waals surface area (Å²) >= 11 is 0. The summed E-state index contributed by atoms with van der Waals surface area (Å²) in [6.07, 6.45) is 3.04. The zero-order chi connectivity index (χ0) is 10.1. The predicted molar refractivity (Wildman–Crippen MR) is 51.3 cm³/mol. The van der Waals surface area contributed by atoms with Gasteiger partial charge in [0, 0.05) is 13.5 Å². The standard InChI is InChI=1S/C10H19NO2/c1-10(2,7-12)11(3)9(13)6-8-4-5-8/h8,12H,4-7H2,1-3H3. The molecule has 3 nitrogen and oxygen atoms in total. The Morgan fingerprint density at radius 2 is 2.08 bits per heavy atom. The number of aliphatic hydroxyl groups is 1. The van der Waals surface area contributed by atoms with Crippen LogP contribution in [0.15, 0.2) is 0 Å². The van der Waals surface area contributed by atoms with E-state index < -0.39 is 5.54 Å². The molecule has 0 aromatic heterocycles. The molecule has 0 aromatic rings. The third-order valence-electron chi connectivity index (χ3n) is 2.83. The monoisotopic (exact) mass is 185 g/mol. The minimum absolute atomic E-state index is 0.0138. The Morgan fingerprint density at radius 1 is 1.54 bits per heavy atom. The Morgan fingerprint density at radius 3 is 2.46 bits per heavy atom. The highest BCUT2D eigenvalue weighted by molar-refractivity contribution is 5.77. The number of hydrogen-bond donors (Lipinski definition) is 1. The summed E-state index contributed by atoms with van der Waals surface area (Å²) in [4.78, 5) is 13.3. The van der Waals surface area contributed by atoms with Crippen molar-refractivity contribution >= 4 is 5.91 Å². The second-order valence-corrected chi connectivity index (χ2v) is 4.57. The van der Waals surface area contributed by atoms with Gasteiger partial charge in [-0.25, -0.2) is 0 Å². The molecule has 0 aromatic carbocycles. The normalized spacial score (nSPS) is 17.2. The number of hydrogen-bond acceptors (Lipinski definition) is 2. The fraction of sp³-hybridized carbons (Fsp3) is 0.900. The molecular formula is C10H19NO2. The van der Waals surface area contributed by atoms with Crippen molar-refractivity contribution in [2.24, 2.45) is 5.92 Å². The summed E-state index contributed by atoms with van der Waals surface area (Å²) in [7, 11) is 1.76. The van der Waals surface area contributed by atoms with Gasteiger partial charge in [-0.3, -0.25) is 4.79 Å². The lowest BCUT2D eigenvalue weighted by molar-refractivity contribution is -0.136. The van der Waals surface area contributed by atoms with Gasteiger partial charge in [-0.1, -0.05) is 0 Å². The average molecular weight is 185 g/mol. The minimum Gasteiger partial charge on any atom is -0.394 e. The van der Waals surface area contributed by atoms with E-state index in [2.05, 4.69) is 0 Å². The molecule has 1 N–H and O–H groups in total. The molecule has 1 rings (SSSR count). The van der Waals surface area contributed by atoms with Crippen LogP contribution in [0.2, 0.25) is 0 Å². The highest BCUT2D eigenvalue weighted by Gasteiger charge is 2.31. The molecule has 0 aliphatic heterocycles. The first-order valence-corrected chi connectivity index (χ1v) is 4.85. The van der Waals surface area contributed by atoms with Gasteiger partial charge in [0.25, 0.3) is 0 Å². The molecular weight excluding hydrogens is 166 g/mol. The van der Waals surface area contributed by atoms with E-state index in [-0.39, 0.29) is 12.5 Å². The SMILES string of the molecule is CN(C(=O)CC1CC1)C(C)(C)CO. The van der Waals surface area contributed by atoms with Gasteiger partial charge >= 0.3 is 0 Å². The van der Waals surface area contributed by atoms with E-state index in [9.17, 15) is 4.79 Å². The maximum atomic E-state index is 11.6. The second kappa shape index (κ2) is 3.66. The van der Waals surface area contributed by atoms with Crippen LogP contribution in [0.5, 0.6) is 0 Å². The van der Waals surface area contributed by atoms with Crippen molar-refractivity contribution < 1.29 is 9.90 Å². The van der Waals surface area contributed by atoms with Gasteiger partial charge < -0.3 is 10.0 Å². The van der Waals surface area contributed by atoms with Crippen LogP contribution in [0, 0.1) is 5.92 Å². The first kappa shape index (κ1) is 10.5. The third kappa shape index (κ3) is 2.69. The summed E-state index contributed by atoms with van der Waals surface area (Å²) in [6, 6.07) is 0. The summed E-state index contributed by atoms with van der Waals surface area (Å²) in [5.41, 5.74) is -0.425. The molecule has 1 fully saturated rings. The second-order valence-electron chi connectivity index (χ2n) is 4.57. The molecule has 0 atom stereocenters. The average Bonchev–Trinajstić information content (AvgIpc) is 2.86. The van der Waals surface area contributed by atoms with Gasteiger partial charge in [-0.15, -0.1) is 0 Å². The predicted octanol–water partition coefficient (Wildman–Crippen LogP) is 1.02. The lowest BCUT2D eigenvalue weighted by atomic mass is 10.0. The van der Waals surface area contributed by atoms with Crippen LogP contribution in [0.1, 0.15) is 33.1 Å². The Bertz CT molecular complexity index is 197. The van der Waals surface area contributed by atoms with Crippen LogP contribution in [-0.4, -0.2) is 35.1 Å². The molecule has 0 heterocycles. The quantitative estimate of drug-likeness (QED) is 0.710. The van der Waals surface area contributed by atoms with Crippen LogP contribution in [-0.2, 0) is 4.79 Å². The lowest BCUT2D eigenvalue weighted by Crippen LogP contribution is -2.47. The van der Waals surface area contributed by atoms with Crippen LogP contribution in [0.25, 0.3) is 0 Å². The van der Waals surface area contributed by atoms with Gasteiger partial charge in [0.15, 0.2) is 0 Å². The Balaban J connectivity index is 2.44. The van der Waals surface area contributed by atoms with E-state index in [1.165, 1.54) is 12.8 Å². The largest absolute Gasteiger partial charge is 0.394 e. The summed E-state index contributed by atoms with van der Waals surface area (Å²) in [5, 5.41) is 9.07. The molecule has 1 aliphatic rings. The molecule has 0 saturated heterocycles. The van der Waals surface area contributed by atoms with Gasteiger partial charge in [-0.05, 0) is 32.6 Å². The smallest absolute Gasteiger partial charge is 0.223 e. The molecule has 1 saturated carbocycles. The summed E-state index contributed by atoms with van der Waals surface area (Å²) in [5.74, 6) is 0.769. The number of carbonyl (C=O) groups is 1. The molecule has 0 radical (unpaired) electrons. The topological polar surface area (TPSA) is 40.5 Å². The molecule has 76 valence electrons. The number of amides is 1. The van der Waals surface area contributed by atoms with Crippen LogP contribution >= 0.6 is 0 Å². The van der Waals surface area contributed by atoms with Gasteiger partial charge in [0.1, 0.15) is 0 Å². The number of carbonyl (C=O) groups excluding carboxylic acids is 1. The highest BCUT2D eigenvalue weighted by Crippen LogP contribution is 2.33. The number of aliphatic hydroxyl groups excluding tert-OH is 1. The maximum Gasteiger partial charge on any atom is 0.223 e. The van der Waals surface area contributed by atoms with Crippen LogP contribution in [0.4, 0.5) is 0 Å². The van der Waals surface area contributed by atoms with E-state index in [0.29, 0.717) is 12.3 Å². The minimum atomic E-state index is -0.425. The zero-order valence-electron chi connectivity index (χ0n) is 8.71. The molecule has 0 unspecified atom stereocenters. The molecule has 3 heteroatoms. The Hall–Kier alpha value is -0.570. The van der Waals surface area contributed by atoms with Crippen molar-refractivity contribution in [3.63, 3.8) is 0 Å². The van der Waals surface area contributed by atoms with Crippen molar-refractivity contribution in [2.75, 3.05) is 13.7 Å². The number of rotatable bonds is 4. The van der Waals surface area contributed by atoms with Crippen LogP contribution in [0.3, 0.4) is 0 Å². The highest BCUT2D eigenvalue weighted by atomic mass is 16.3. The number of nitrogens with zero attached hydrogens (tertiary/aromatic N) is 1. The lowest BCUT2D eigenvalue weighted by Gasteiger charge is -2.34. The molecule has 1 amide bonds. The Labute approximate surface area is 79.7 Å². The van der Waals surface area contributed by atoms with E-state index in [0.717, 1.165) is 0 Å². The fourth-order valence-electron chi connectivity index (χ4n) is 1.15.